The van der Waals surface area contributed by atoms with Gasteiger partial charge in [-0.3, -0.25) is 4.79 Å². The van der Waals surface area contributed by atoms with Gasteiger partial charge in [0.15, 0.2) is 6.61 Å². The minimum absolute atomic E-state index is 0.0894. The normalized spacial score (nSPS) is 11.6. The van der Waals surface area contributed by atoms with E-state index in [9.17, 15) is 4.79 Å². The van der Waals surface area contributed by atoms with Gasteiger partial charge in [-0.2, -0.15) is 0 Å². The number of ether oxygens (including phenoxy) is 1. The van der Waals surface area contributed by atoms with E-state index < -0.39 is 0 Å². The van der Waals surface area contributed by atoms with Crippen molar-refractivity contribution >= 4 is 5.91 Å². The van der Waals surface area contributed by atoms with Crippen LogP contribution in [0.4, 0.5) is 0 Å². The molecule has 1 N–H and O–H groups in total. The summed E-state index contributed by atoms with van der Waals surface area (Å²) in [5.74, 6) is 1.12. The third kappa shape index (κ3) is 4.55. The number of hydrogen-bond donors (Lipinski definition) is 1. The topological polar surface area (TPSA) is 51.5 Å². The highest BCUT2D eigenvalue weighted by Crippen LogP contribution is 2.29. The van der Waals surface area contributed by atoms with Gasteiger partial charge in [0.05, 0.1) is 6.26 Å². The Balaban J connectivity index is 1.48. The molecule has 0 unspecified atom stereocenters. The fraction of sp³-hybridized carbons (Fsp3) is 0.0800. The van der Waals surface area contributed by atoms with Crippen molar-refractivity contribution in [1.82, 2.24) is 5.32 Å². The zero-order valence-electron chi connectivity index (χ0n) is 15.8. The number of nitrogens with one attached hydrogen (secondary N) is 1. The molecular formula is C25H21NO3. The van der Waals surface area contributed by atoms with Crippen LogP contribution in [0.5, 0.6) is 5.75 Å². The summed E-state index contributed by atoms with van der Waals surface area (Å²) < 4.78 is 11.4. The van der Waals surface area contributed by atoms with Crippen molar-refractivity contribution in [2.24, 2.45) is 0 Å². The molecule has 1 amide bonds. The van der Waals surface area contributed by atoms with Crippen LogP contribution in [-0.2, 0) is 4.79 Å². The Bertz CT molecular complexity index is 1040. The van der Waals surface area contributed by atoms with Crippen molar-refractivity contribution < 1.29 is 13.9 Å². The van der Waals surface area contributed by atoms with Crippen molar-refractivity contribution in [3.8, 4) is 16.9 Å². The summed E-state index contributed by atoms with van der Waals surface area (Å²) in [4.78, 5) is 12.7. The molecule has 4 rings (SSSR count). The second kappa shape index (κ2) is 8.93. The Labute approximate surface area is 169 Å². The average molecular weight is 383 g/mol. The zero-order chi connectivity index (χ0) is 19.9. The molecule has 4 heteroatoms. The van der Waals surface area contributed by atoms with Gasteiger partial charge in [-0.05, 0) is 29.3 Å². The van der Waals surface area contributed by atoms with Crippen molar-refractivity contribution in [2.45, 2.75) is 6.04 Å². The second-order valence-electron chi connectivity index (χ2n) is 6.58. The Morgan fingerprint density at radius 2 is 1.52 bits per heavy atom. The largest absolute Gasteiger partial charge is 0.483 e. The van der Waals surface area contributed by atoms with Crippen molar-refractivity contribution in [3.63, 3.8) is 0 Å². The van der Waals surface area contributed by atoms with E-state index in [1.165, 1.54) is 0 Å². The van der Waals surface area contributed by atoms with Crippen LogP contribution in [0.3, 0.4) is 0 Å². The predicted molar refractivity (Wildman–Crippen MR) is 113 cm³/mol. The van der Waals surface area contributed by atoms with Gasteiger partial charge in [0.1, 0.15) is 17.6 Å². The highest BCUT2D eigenvalue weighted by Gasteiger charge is 2.19. The van der Waals surface area contributed by atoms with E-state index in [0.29, 0.717) is 11.5 Å². The van der Waals surface area contributed by atoms with Crippen molar-refractivity contribution in [1.29, 1.82) is 0 Å². The minimum Gasteiger partial charge on any atom is -0.483 e. The number of furan rings is 1. The lowest BCUT2D eigenvalue weighted by molar-refractivity contribution is -0.123. The van der Waals surface area contributed by atoms with Gasteiger partial charge >= 0.3 is 0 Å². The number of para-hydroxylation sites is 1. The first-order chi connectivity index (χ1) is 14.3. The van der Waals surface area contributed by atoms with E-state index in [-0.39, 0.29) is 18.6 Å². The highest BCUT2D eigenvalue weighted by molar-refractivity contribution is 5.79. The third-order valence-electron chi connectivity index (χ3n) is 4.60. The van der Waals surface area contributed by atoms with Gasteiger partial charge in [0.25, 0.3) is 5.91 Å². The molecule has 0 aliphatic rings. The molecule has 1 aromatic heterocycles. The standard InChI is InChI=1S/C25H21NO3/c27-24(26-25(23-16-9-17-28-23)20-12-5-2-6-13-20)18-29-22-15-8-7-14-21(22)19-10-3-1-4-11-19/h1-17,25H,18H2,(H,26,27)/t25-/m1/s1. The molecule has 3 aromatic carbocycles. The summed E-state index contributed by atoms with van der Waals surface area (Å²) in [6.07, 6.45) is 1.60. The Morgan fingerprint density at radius 1 is 0.828 bits per heavy atom. The van der Waals surface area contributed by atoms with E-state index in [0.717, 1.165) is 16.7 Å². The number of benzene rings is 3. The Morgan fingerprint density at radius 3 is 2.24 bits per heavy atom. The number of rotatable bonds is 7. The third-order valence-corrected chi connectivity index (χ3v) is 4.60. The first-order valence-electron chi connectivity index (χ1n) is 9.46. The Kier molecular flexibility index (Phi) is 5.72. The molecule has 4 aromatic rings. The van der Waals surface area contributed by atoms with E-state index in [1.54, 1.807) is 6.26 Å². The maximum absolute atomic E-state index is 12.7. The molecule has 1 atom stereocenters. The molecule has 0 spiro atoms. The van der Waals surface area contributed by atoms with Gasteiger partial charge in [-0.25, -0.2) is 0 Å². The van der Waals surface area contributed by atoms with Gasteiger partial charge in [0, 0.05) is 5.56 Å². The molecule has 0 aliphatic carbocycles. The molecule has 4 nitrogen and oxygen atoms in total. The summed E-state index contributed by atoms with van der Waals surface area (Å²) in [5, 5.41) is 3.01. The number of hydrogen-bond acceptors (Lipinski definition) is 3. The van der Waals surface area contributed by atoms with Crippen LogP contribution in [0.25, 0.3) is 11.1 Å². The van der Waals surface area contributed by atoms with E-state index >= 15 is 0 Å². The number of amides is 1. The monoisotopic (exact) mass is 383 g/mol. The first kappa shape index (κ1) is 18.6. The van der Waals surface area contributed by atoms with Crippen LogP contribution in [0, 0.1) is 0 Å². The predicted octanol–water partition coefficient (Wildman–Crippen LogP) is 5.23. The lowest BCUT2D eigenvalue weighted by atomic mass is 10.0. The van der Waals surface area contributed by atoms with E-state index in [2.05, 4.69) is 5.32 Å². The van der Waals surface area contributed by atoms with Crippen LogP contribution >= 0.6 is 0 Å². The van der Waals surface area contributed by atoms with E-state index in [1.807, 2.05) is 97.1 Å². The summed E-state index contributed by atoms with van der Waals surface area (Å²) >= 11 is 0. The summed E-state index contributed by atoms with van der Waals surface area (Å²) in [7, 11) is 0. The molecule has 0 fully saturated rings. The van der Waals surface area contributed by atoms with Gasteiger partial charge in [-0.15, -0.1) is 0 Å². The SMILES string of the molecule is O=C(COc1ccccc1-c1ccccc1)N[C@H](c1ccccc1)c1ccco1. The highest BCUT2D eigenvalue weighted by atomic mass is 16.5. The fourth-order valence-corrected chi connectivity index (χ4v) is 3.21. The summed E-state index contributed by atoms with van der Waals surface area (Å²) in [5.41, 5.74) is 2.94. The summed E-state index contributed by atoms with van der Waals surface area (Å²) in [6, 6.07) is 30.7. The van der Waals surface area contributed by atoms with Crippen LogP contribution in [-0.4, -0.2) is 12.5 Å². The molecule has 0 radical (unpaired) electrons. The second-order valence-corrected chi connectivity index (χ2v) is 6.58. The number of carbonyl (C=O) groups excluding carboxylic acids is 1. The molecule has 0 saturated carbocycles. The van der Waals surface area contributed by atoms with Gasteiger partial charge in [-0.1, -0.05) is 78.9 Å². The van der Waals surface area contributed by atoms with Crippen molar-refractivity contribution in [3.05, 3.63) is 115 Å². The fourth-order valence-electron chi connectivity index (χ4n) is 3.21. The molecular weight excluding hydrogens is 362 g/mol. The zero-order valence-corrected chi connectivity index (χ0v) is 15.8. The first-order valence-corrected chi connectivity index (χ1v) is 9.46. The van der Waals surface area contributed by atoms with E-state index in [4.69, 9.17) is 9.15 Å². The average Bonchev–Trinajstić information content (AvgIpc) is 3.32. The molecule has 1 heterocycles. The number of carbonyl (C=O) groups is 1. The van der Waals surface area contributed by atoms with Gasteiger partial charge in [0.2, 0.25) is 0 Å². The molecule has 29 heavy (non-hydrogen) atoms. The lowest BCUT2D eigenvalue weighted by Crippen LogP contribution is -2.33. The van der Waals surface area contributed by atoms with Gasteiger partial charge < -0.3 is 14.5 Å². The van der Waals surface area contributed by atoms with Crippen LogP contribution < -0.4 is 10.1 Å². The van der Waals surface area contributed by atoms with Crippen LogP contribution in [0.15, 0.2) is 108 Å². The molecule has 0 bridgehead atoms. The van der Waals surface area contributed by atoms with Crippen molar-refractivity contribution in [2.75, 3.05) is 6.61 Å². The molecule has 144 valence electrons. The van der Waals surface area contributed by atoms with Crippen LogP contribution in [0.1, 0.15) is 17.4 Å². The maximum atomic E-state index is 12.7. The quantitative estimate of drug-likeness (QED) is 0.475. The Hall–Kier alpha value is -3.79. The lowest BCUT2D eigenvalue weighted by Gasteiger charge is -2.18. The molecule has 0 aliphatic heterocycles. The van der Waals surface area contributed by atoms with Crippen LogP contribution in [0.2, 0.25) is 0 Å². The molecule has 0 saturated heterocycles. The smallest absolute Gasteiger partial charge is 0.258 e. The summed E-state index contributed by atoms with van der Waals surface area (Å²) in [6.45, 7) is -0.0894. The maximum Gasteiger partial charge on any atom is 0.258 e. The minimum atomic E-state index is -0.369.